The third kappa shape index (κ3) is 3.66. The third-order valence-corrected chi connectivity index (χ3v) is 7.17. The lowest BCUT2D eigenvalue weighted by Gasteiger charge is -2.28. The van der Waals surface area contributed by atoms with Gasteiger partial charge >= 0.3 is 11.9 Å². The van der Waals surface area contributed by atoms with E-state index in [-0.39, 0.29) is 0 Å². The largest absolute Gasteiger partial charge is 0.465 e. The summed E-state index contributed by atoms with van der Waals surface area (Å²) in [6.07, 6.45) is 0.647. The maximum atomic E-state index is 12.3. The van der Waals surface area contributed by atoms with Crippen molar-refractivity contribution in [3.05, 3.63) is 81.6 Å². The number of methoxy groups -OCH3 is 2. The molecule has 4 nitrogen and oxygen atoms in total. The molecule has 0 saturated heterocycles. The summed E-state index contributed by atoms with van der Waals surface area (Å²) in [5.74, 6) is -1.04. The predicted molar refractivity (Wildman–Crippen MR) is 105 cm³/mol. The normalized spacial score (nSPS) is 15.6. The molecule has 0 bridgehead atoms. The monoisotopic (exact) mass is 386 g/mol. The van der Waals surface area contributed by atoms with Crippen molar-refractivity contribution in [2.24, 2.45) is 0 Å². The third-order valence-electron chi connectivity index (χ3n) is 3.97. The van der Waals surface area contributed by atoms with Gasteiger partial charge in [0.1, 0.15) is 9.81 Å². The first kappa shape index (κ1) is 18.6. The van der Waals surface area contributed by atoms with Gasteiger partial charge in [-0.05, 0) is 11.1 Å². The predicted octanol–water partition coefficient (Wildman–Crippen LogP) is 4.12. The molecule has 0 aromatic heterocycles. The Kier molecular flexibility index (Phi) is 5.74. The van der Waals surface area contributed by atoms with E-state index in [2.05, 4.69) is 0 Å². The van der Waals surface area contributed by atoms with Gasteiger partial charge in [-0.3, -0.25) is 0 Å². The van der Waals surface area contributed by atoms with Crippen molar-refractivity contribution in [3.63, 3.8) is 0 Å². The van der Waals surface area contributed by atoms with Crippen LogP contribution in [0.1, 0.15) is 11.1 Å². The first-order valence-electron chi connectivity index (χ1n) is 7.98. The number of carbonyl (C=O) groups is 2. The molecule has 0 unspecified atom stereocenters. The van der Waals surface area contributed by atoms with E-state index in [9.17, 15) is 9.59 Å². The van der Waals surface area contributed by atoms with E-state index in [1.54, 1.807) is 0 Å². The second-order valence-electron chi connectivity index (χ2n) is 5.63. The lowest BCUT2D eigenvalue weighted by Crippen LogP contribution is -2.19. The molecule has 0 spiro atoms. The molecular weight excluding hydrogens is 368 g/mol. The Morgan fingerprint density at radius 1 is 0.808 bits per heavy atom. The lowest BCUT2D eigenvalue weighted by atomic mass is 10.0. The number of esters is 2. The molecule has 6 heteroatoms. The summed E-state index contributed by atoms with van der Waals surface area (Å²) in [5, 5.41) is 0. The second-order valence-corrected chi connectivity index (χ2v) is 8.50. The smallest absolute Gasteiger partial charge is 0.345 e. The average Bonchev–Trinajstić information content (AvgIpc) is 3.09. The van der Waals surface area contributed by atoms with Gasteiger partial charge in [0.05, 0.1) is 18.3 Å². The van der Waals surface area contributed by atoms with Crippen LogP contribution in [0.3, 0.4) is 0 Å². The zero-order chi connectivity index (χ0) is 18.6. The Morgan fingerprint density at radius 2 is 1.27 bits per heavy atom. The van der Waals surface area contributed by atoms with Crippen LogP contribution in [0.2, 0.25) is 0 Å². The number of hydrogen-bond acceptors (Lipinski definition) is 6. The molecule has 2 aromatic carbocycles. The van der Waals surface area contributed by atoms with Crippen LogP contribution in [0, 0.1) is 0 Å². The first-order valence-corrected chi connectivity index (χ1v) is 9.61. The van der Waals surface area contributed by atoms with Gasteiger partial charge in [-0.25, -0.2) is 9.59 Å². The molecule has 1 heterocycles. The van der Waals surface area contributed by atoms with E-state index in [4.69, 9.17) is 9.47 Å². The molecule has 0 amide bonds. The summed E-state index contributed by atoms with van der Waals surface area (Å²) in [5.41, 5.74) is 2.14. The summed E-state index contributed by atoms with van der Waals surface area (Å²) in [7, 11) is 2.63. The number of rotatable bonds is 5. The highest BCUT2D eigenvalue weighted by Gasteiger charge is 2.47. The first-order chi connectivity index (χ1) is 12.6. The Balaban J connectivity index is 2.06. The van der Waals surface area contributed by atoms with Gasteiger partial charge in [-0.1, -0.05) is 84.2 Å². The van der Waals surface area contributed by atoms with E-state index in [1.165, 1.54) is 37.7 Å². The summed E-state index contributed by atoms with van der Waals surface area (Å²) < 4.78 is 9.25. The molecule has 0 saturated carbocycles. The van der Waals surface area contributed by atoms with E-state index >= 15 is 0 Å². The highest BCUT2D eigenvalue weighted by molar-refractivity contribution is 8.24. The molecule has 0 atom stereocenters. The van der Waals surface area contributed by atoms with E-state index < -0.39 is 16.0 Å². The zero-order valence-electron chi connectivity index (χ0n) is 14.4. The van der Waals surface area contributed by atoms with Crippen LogP contribution >= 0.6 is 23.5 Å². The molecule has 0 aliphatic carbocycles. The molecular formula is C20H18O4S2. The van der Waals surface area contributed by atoms with Crippen molar-refractivity contribution in [3.8, 4) is 0 Å². The highest BCUT2D eigenvalue weighted by atomic mass is 32.2. The quantitative estimate of drug-likeness (QED) is 0.721. The number of benzene rings is 2. The Hall–Kier alpha value is -2.18. The number of ether oxygens (including phenoxy) is 2. The van der Waals surface area contributed by atoms with Crippen molar-refractivity contribution >= 4 is 35.5 Å². The van der Waals surface area contributed by atoms with Crippen molar-refractivity contribution in [1.82, 2.24) is 0 Å². The van der Waals surface area contributed by atoms with Crippen LogP contribution in [0.5, 0.6) is 0 Å². The lowest BCUT2D eigenvalue weighted by molar-refractivity contribution is -0.138. The fraction of sp³-hybridized carbons (Fsp3) is 0.200. The molecule has 2 aromatic rings. The molecule has 0 radical (unpaired) electrons. The SMILES string of the molecule is COC(=O)C1=C(C(=O)OC)SC(Cc2ccccc2)(c2ccccc2)S1. The highest BCUT2D eigenvalue weighted by Crippen LogP contribution is 2.61. The Bertz CT molecular complexity index is 803. The average molecular weight is 386 g/mol. The number of thioether (sulfide) groups is 2. The molecule has 1 aliphatic heterocycles. The van der Waals surface area contributed by atoms with Crippen LogP contribution in [0.4, 0.5) is 0 Å². The van der Waals surface area contributed by atoms with Gasteiger partial charge in [0.25, 0.3) is 0 Å². The summed E-state index contributed by atoms with van der Waals surface area (Å²) >= 11 is 2.72. The van der Waals surface area contributed by atoms with Crippen LogP contribution in [0.25, 0.3) is 0 Å². The molecule has 0 fully saturated rings. The summed E-state index contributed by atoms with van der Waals surface area (Å²) in [6.45, 7) is 0. The van der Waals surface area contributed by atoms with Gasteiger partial charge in [-0.15, -0.1) is 0 Å². The van der Waals surface area contributed by atoms with Gasteiger partial charge in [0.2, 0.25) is 0 Å². The Labute approximate surface area is 161 Å². The van der Waals surface area contributed by atoms with Gasteiger partial charge in [0.15, 0.2) is 0 Å². The second kappa shape index (κ2) is 8.01. The standard InChI is InChI=1S/C20H18O4S2/c1-23-18(21)16-17(19(22)24-2)26-20(25-16,15-11-7-4-8-12-15)13-14-9-5-3-6-10-14/h3-12H,13H2,1-2H3. The van der Waals surface area contributed by atoms with E-state index in [1.807, 2.05) is 60.7 Å². The maximum Gasteiger partial charge on any atom is 0.345 e. The van der Waals surface area contributed by atoms with Crippen molar-refractivity contribution in [2.45, 2.75) is 10.5 Å². The van der Waals surface area contributed by atoms with Crippen molar-refractivity contribution in [2.75, 3.05) is 14.2 Å². The fourth-order valence-electron chi connectivity index (χ4n) is 2.75. The van der Waals surface area contributed by atoms with Gasteiger partial charge < -0.3 is 9.47 Å². The van der Waals surface area contributed by atoms with Crippen LogP contribution in [0.15, 0.2) is 70.5 Å². The molecule has 0 N–H and O–H groups in total. The van der Waals surface area contributed by atoms with Gasteiger partial charge in [0, 0.05) is 6.42 Å². The minimum absolute atomic E-state index is 0.295. The number of hydrogen-bond donors (Lipinski definition) is 0. The topological polar surface area (TPSA) is 52.6 Å². The summed E-state index contributed by atoms with van der Waals surface area (Å²) in [4.78, 5) is 25.2. The molecule has 3 rings (SSSR count). The fourth-order valence-corrected chi connectivity index (χ4v) is 5.99. The van der Waals surface area contributed by atoms with Crippen LogP contribution in [-0.4, -0.2) is 26.2 Å². The minimum Gasteiger partial charge on any atom is -0.465 e. The zero-order valence-corrected chi connectivity index (χ0v) is 16.1. The Morgan fingerprint density at radius 3 is 1.73 bits per heavy atom. The molecule has 1 aliphatic rings. The van der Waals surface area contributed by atoms with Crippen molar-refractivity contribution in [1.29, 1.82) is 0 Å². The molecule has 134 valence electrons. The van der Waals surface area contributed by atoms with Crippen LogP contribution < -0.4 is 0 Å². The van der Waals surface area contributed by atoms with Crippen molar-refractivity contribution < 1.29 is 19.1 Å². The maximum absolute atomic E-state index is 12.3. The molecule has 26 heavy (non-hydrogen) atoms. The number of carbonyl (C=O) groups excluding carboxylic acids is 2. The van der Waals surface area contributed by atoms with E-state index in [0.717, 1.165) is 11.1 Å². The minimum atomic E-state index is -0.546. The van der Waals surface area contributed by atoms with E-state index in [0.29, 0.717) is 16.2 Å². The van der Waals surface area contributed by atoms with Crippen LogP contribution in [-0.2, 0) is 29.6 Å². The van der Waals surface area contributed by atoms with Gasteiger partial charge in [-0.2, -0.15) is 0 Å². The summed E-state index contributed by atoms with van der Waals surface area (Å²) in [6, 6.07) is 19.9.